The normalized spacial score (nSPS) is 14.3. The Morgan fingerprint density at radius 3 is 1.93 bits per heavy atom. The highest BCUT2D eigenvalue weighted by Gasteiger charge is 2.28. The number of benzene rings is 8. The maximum absolute atomic E-state index is 6.64. The topological polar surface area (TPSA) is 50.8 Å². The monoisotopic (exact) mass is 741 g/mol. The van der Waals surface area contributed by atoms with Crippen LogP contribution in [0.4, 0.5) is 0 Å². The van der Waals surface area contributed by atoms with Crippen LogP contribution >= 0.6 is 0 Å². The summed E-state index contributed by atoms with van der Waals surface area (Å²) in [5, 5.41) is 5.67. The van der Waals surface area contributed by atoms with E-state index in [-0.39, 0.29) is 0 Å². The number of amidine groups is 1. The fourth-order valence-electron chi connectivity index (χ4n) is 8.47. The van der Waals surface area contributed by atoms with Crippen LogP contribution < -0.4 is 0 Å². The van der Waals surface area contributed by atoms with E-state index in [2.05, 4.69) is 146 Å². The molecule has 1 aliphatic rings. The van der Waals surface area contributed by atoms with Crippen LogP contribution in [-0.2, 0) is 0 Å². The first kappa shape index (κ1) is 33.6. The number of aromatic nitrogens is 1. The highest BCUT2D eigenvalue weighted by molar-refractivity contribution is 6.22. The minimum Gasteiger partial charge on any atom is -0.455 e. The molecule has 58 heavy (non-hydrogen) atoms. The van der Waals surface area contributed by atoms with E-state index in [1.54, 1.807) is 0 Å². The molecule has 3 heterocycles. The smallest absolute Gasteiger partial charge is 0.156 e. The molecule has 1 unspecified atom stereocenters. The third-order valence-corrected chi connectivity index (χ3v) is 11.2. The number of furan rings is 1. The third-order valence-electron chi connectivity index (χ3n) is 11.2. The summed E-state index contributed by atoms with van der Waals surface area (Å²) < 4.78 is 6.64. The minimum absolute atomic E-state index is 0.422. The maximum atomic E-state index is 6.64. The third kappa shape index (κ3) is 5.74. The molecule has 272 valence electrons. The number of para-hydroxylation sites is 2. The molecule has 1 atom stereocenters. The molecule has 11 rings (SSSR count). The Hall–Kier alpha value is -7.69. The lowest BCUT2D eigenvalue weighted by Crippen LogP contribution is -2.20. The molecule has 2 aromatic heterocycles. The molecule has 10 aromatic rings. The van der Waals surface area contributed by atoms with Gasteiger partial charge in [-0.25, -0.2) is 9.98 Å². The van der Waals surface area contributed by atoms with Gasteiger partial charge in [0.15, 0.2) is 5.84 Å². The molecule has 0 amide bonds. The van der Waals surface area contributed by atoms with Gasteiger partial charge >= 0.3 is 0 Å². The Balaban J connectivity index is 1.18. The summed E-state index contributed by atoms with van der Waals surface area (Å²) >= 11 is 0. The highest BCUT2D eigenvalue weighted by atomic mass is 16.3. The molecule has 0 radical (unpaired) electrons. The van der Waals surface area contributed by atoms with E-state index in [1.807, 2.05) is 48.5 Å². The van der Waals surface area contributed by atoms with Crippen molar-refractivity contribution in [2.45, 2.75) is 6.04 Å². The van der Waals surface area contributed by atoms with Crippen LogP contribution in [0.5, 0.6) is 0 Å². The van der Waals surface area contributed by atoms with E-state index in [4.69, 9.17) is 26.0 Å². The van der Waals surface area contributed by atoms with Crippen molar-refractivity contribution in [1.29, 1.82) is 0 Å². The quantitative estimate of drug-likeness (QED) is 0.159. The fraction of sp³-hybridized carbons (Fsp3) is 0.0185. The van der Waals surface area contributed by atoms with Gasteiger partial charge in [-0.05, 0) is 69.4 Å². The molecule has 4 nitrogen and oxygen atoms in total. The van der Waals surface area contributed by atoms with Crippen molar-refractivity contribution in [3.05, 3.63) is 223 Å². The molecule has 0 aliphatic carbocycles. The van der Waals surface area contributed by atoms with Gasteiger partial charge in [-0.2, -0.15) is 0 Å². The van der Waals surface area contributed by atoms with Gasteiger partial charge < -0.3 is 4.42 Å². The van der Waals surface area contributed by atoms with E-state index < -0.39 is 6.04 Å². The van der Waals surface area contributed by atoms with E-state index in [0.717, 1.165) is 94.3 Å². The van der Waals surface area contributed by atoms with Gasteiger partial charge in [0.25, 0.3) is 0 Å². The lowest BCUT2D eigenvalue weighted by atomic mass is 9.87. The van der Waals surface area contributed by atoms with Crippen LogP contribution in [0.3, 0.4) is 0 Å². The van der Waals surface area contributed by atoms with Gasteiger partial charge in [0.1, 0.15) is 17.2 Å². The van der Waals surface area contributed by atoms with Crippen LogP contribution in [0.2, 0.25) is 0 Å². The van der Waals surface area contributed by atoms with Gasteiger partial charge in [-0.3, -0.25) is 4.99 Å². The number of rotatable bonds is 6. The van der Waals surface area contributed by atoms with Crippen molar-refractivity contribution in [2.24, 2.45) is 9.98 Å². The maximum Gasteiger partial charge on any atom is 0.156 e. The fourth-order valence-corrected chi connectivity index (χ4v) is 8.47. The number of nitrogens with zero attached hydrogens (tertiary/aromatic N) is 3. The van der Waals surface area contributed by atoms with E-state index in [1.165, 1.54) is 10.8 Å². The van der Waals surface area contributed by atoms with Gasteiger partial charge in [0.2, 0.25) is 0 Å². The molecule has 0 saturated heterocycles. The summed E-state index contributed by atoms with van der Waals surface area (Å²) in [7, 11) is 0. The highest BCUT2D eigenvalue weighted by Crippen LogP contribution is 2.42. The zero-order chi connectivity index (χ0) is 38.6. The largest absolute Gasteiger partial charge is 0.455 e. The predicted octanol–water partition coefficient (Wildman–Crippen LogP) is 13.8. The molecular formula is C54H35N3O. The molecule has 8 aromatic carbocycles. The Morgan fingerprint density at radius 1 is 0.483 bits per heavy atom. The summed E-state index contributed by atoms with van der Waals surface area (Å²) in [4.78, 5) is 16.0. The average molecular weight is 742 g/mol. The standard InChI is InChI=1S/C54H35N3O/c1-34-51(37-19-7-3-8-20-37)56-54(38-21-9-4-10-22-38)57-52(34)41-31-39(43-25-15-26-45-44-24-13-14-27-49(44)58-53(43)45)30-40(32-41)48-33-46(35-16-5-2-6-17-35)50-42-23-12-11-18-36(42)28-29-47(50)55-48/h2-33,52H,1H2. The molecular weight excluding hydrogens is 707 g/mol. The number of hydrogen-bond donors (Lipinski definition) is 0. The van der Waals surface area contributed by atoms with Crippen molar-refractivity contribution < 1.29 is 4.42 Å². The first-order chi connectivity index (χ1) is 28.7. The summed E-state index contributed by atoms with van der Waals surface area (Å²) in [6.07, 6.45) is 0. The summed E-state index contributed by atoms with van der Waals surface area (Å²) in [5.41, 5.74) is 13.4. The summed E-state index contributed by atoms with van der Waals surface area (Å²) in [5.74, 6) is 0.672. The van der Waals surface area contributed by atoms with Gasteiger partial charge in [0.05, 0.1) is 16.9 Å². The second-order valence-corrected chi connectivity index (χ2v) is 14.8. The SMILES string of the molecule is C=C1C(c2ccccc2)=NC(c2ccccc2)=NC1c1cc(-c2cc(-c3ccccc3)c3c(ccc4ccccc43)n2)cc(-c2cccc3c2oc2ccccc23)c1. The summed E-state index contributed by atoms with van der Waals surface area (Å²) in [6, 6.07) is 67.2. The molecule has 0 fully saturated rings. The van der Waals surface area contributed by atoms with Crippen LogP contribution in [0.1, 0.15) is 22.7 Å². The second kappa shape index (κ2) is 13.8. The Morgan fingerprint density at radius 2 is 1.14 bits per heavy atom. The van der Waals surface area contributed by atoms with Gasteiger partial charge in [-0.15, -0.1) is 0 Å². The van der Waals surface area contributed by atoms with Gasteiger partial charge in [-0.1, -0.05) is 164 Å². The predicted molar refractivity (Wildman–Crippen MR) is 241 cm³/mol. The molecule has 1 aliphatic heterocycles. The zero-order valence-corrected chi connectivity index (χ0v) is 31.5. The van der Waals surface area contributed by atoms with E-state index in [9.17, 15) is 0 Å². The first-order valence-corrected chi connectivity index (χ1v) is 19.6. The Kier molecular flexibility index (Phi) is 8.00. The summed E-state index contributed by atoms with van der Waals surface area (Å²) in [6.45, 7) is 4.69. The van der Waals surface area contributed by atoms with Crippen molar-refractivity contribution in [3.8, 4) is 33.5 Å². The molecule has 0 N–H and O–H groups in total. The lowest BCUT2D eigenvalue weighted by Gasteiger charge is -2.25. The Labute approximate surface area is 335 Å². The molecule has 4 heteroatoms. The van der Waals surface area contributed by atoms with Crippen LogP contribution in [0.25, 0.3) is 77.1 Å². The number of fused-ring (bicyclic) bond motifs is 6. The number of pyridine rings is 1. The minimum atomic E-state index is -0.422. The lowest BCUT2D eigenvalue weighted by molar-refractivity contribution is 0.670. The number of aliphatic imine (C=N–C) groups is 2. The van der Waals surface area contributed by atoms with Gasteiger partial charge in [0, 0.05) is 44.0 Å². The van der Waals surface area contributed by atoms with Crippen molar-refractivity contribution in [1.82, 2.24) is 4.98 Å². The molecule has 0 bridgehead atoms. The Bertz CT molecular complexity index is 3290. The molecule has 0 saturated carbocycles. The van der Waals surface area contributed by atoms with Crippen molar-refractivity contribution in [2.75, 3.05) is 0 Å². The zero-order valence-electron chi connectivity index (χ0n) is 31.5. The second-order valence-electron chi connectivity index (χ2n) is 14.8. The van der Waals surface area contributed by atoms with Crippen LogP contribution in [-0.4, -0.2) is 16.5 Å². The average Bonchev–Trinajstić information content (AvgIpc) is 3.68. The van der Waals surface area contributed by atoms with E-state index in [0.29, 0.717) is 5.84 Å². The van der Waals surface area contributed by atoms with Crippen LogP contribution in [0, 0.1) is 0 Å². The molecule has 0 spiro atoms. The number of hydrogen-bond acceptors (Lipinski definition) is 4. The van der Waals surface area contributed by atoms with Crippen molar-refractivity contribution >= 4 is 55.2 Å². The van der Waals surface area contributed by atoms with E-state index >= 15 is 0 Å². The first-order valence-electron chi connectivity index (χ1n) is 19.6. The van der Waals surface area contributed by atoms with Crippen LogP contribution in [0.15, 0.2) is 221 Å². The van der Waals surface area contributed by atoms with Crippen molar-refractivity contribution in [3.63, 3.8) is 0 Å².